The third-order valence-corrected chi connectivity index (χ3v) is 5.70. The summed E-state index contributed by atoms with van der Waals surface area (Å²) < 4.78 is 24.9. The summed E-state index contributed by atoms with van der Waals surface area (Å²) in [5.74, 6) is 1.40. The largest absolute Gasteiger partial charge is 0.494 e. The van der Waals surface area contributed by atoms with Gasteiger partial charge in [-0.2, -0.15) is 0 Å². The number of benzene rings is 2. The molecule has 2 aromatic heterocycles. The van der Waals surface area contributed by atoms with Crippen LogP contribution in [-0.4, -0.2) is 28.1 Å². The fourth-order valence-electron chi connectivity index (χ4n) is 3.77. The number of aromatic nitrogens is 1. The number of nitrogens with zero attached hydrogens (tertiary/aromatic N) is 1. The molecule has 0 bridgehead atoms. The predicted octanol–water partition coefficient (Wildman–Crippen LogP) is 6.05. The van der Waals surface area contributed by atoms with Crippen LogP contribution in [-0.2, 0) is 13.0 Å². The summed E-state index contributed by atoms with van der Waals surface area (Å²) in [6.07, 6.45) is 2.37. The number of hydrogen-bond acceptors (Lipinski definition) is 3. The fraction of sp³-hybridized carbons (Fsp3) is 0.240. The van der Waals surface area contributed by atoms with Crippen LogP contribution in [0.15, 0.2) is 65.3 Å². The first-order valence-electron chi connectivity index (χ1n) is 10.6. The maximum atomic E-state index is 13.8. The Morgan fingerprint density at radius 1 is 1.19 bits per heavy atom. The molecule has 0 spiro atoms. The van der Waals surface area contributed by atoms with E-state index in [1.807, 2.05) is 50.2 Å². The number of ether oxygens (including phenoxy) is 1. The molecule has 0 amide bonds. The highest BCUT2D eigenvalue weighted by atomic mass is 32.1. The smallest absolute Gasteiger partial charge is 0.173 e. The van der Waals surface area contributed by atoms with Gasteiger partial charge >= 0.3 is 0 Å². The van der Waals surface area contributed by atoms with Crippen LogP contribution < -0.4 is 10.1 Å². The average Bonchev–Trinajstić information content (AvgIpc) is 3.40. The Kier molecular flexibility index (Phi) is 6.75. The van der Waals surface area contributed by atoms with Crippen LogP contribution >= 0.6 is 12.2 Å². The normalized spacial score (nSPS) is 11.0. The quantitative estimate of drug-likeness (QED) is 0.320. The third kappa shape index (κ3) is 5.11. The van der Waals surface area contributed by atoms with E-state index in [1.54, 1.807) is 18.4 Å². The van der Waals surface area contributed by atoms with E-state index in [-0.39, 0.29) is 5.82 Å². The summed E-state index contributed by atoms with van der Waals surface area (Å²) in [7, 11) is 0. The zero-order valence-electron chi connectivity index (χ0n) is 18.2. The number of rotatable bonds is 8. The fourth-order valence-corrected chi connectivity index (χ4v) is 4.04. The maximum absolute atomic E-state index is 13.8. The third-order valence-electron chi connectivity index (χ3n) is 5.34. The molecule has 7 heteroatoms. The van der Waals surface area contributed by atoms with Gasteiger partial charge < -0.3 is 24.4 Å². The van der Waals surface area contributed by atoms with Crippen molar-refractivity contribution in [3.8, 4) is 5.75 Å². The zero-order chi connectivity index (χ0) is 22.5. The van der Waals surface area contributed by atoms with Crippen LogP contribution in [0.1, 0.15) is 23.9 Å². The number of thiocarbonyl (C=S) groups is 1. The standard InChI is InChI=1S/C25H26FN3O2S/c1-3-30-20-9-7-19(8-10-20)28-25(32)29(16-21-5-4-14-31-21)13-12-22-17(2)27-24-11-6-18(26)15-23(22)24/h4-11,14-15,27H,3,12-13,16H2,1-2H3,(H,28,32). The van der Waals surface area contributed by atoms with Crippen molar-refractivity contribution < 1.29 is 13.5 Å². The summed E-state index contributed by atoms with van der Waals surface area (Å²) in [6.45, 7) is 5.77. The predicted molar refractivity (Wildman–Crippen MR) is 130 cm³/mol. The van der Waals surface area contributed by atoms with Gasteiger partial charge in [0.2, 0.25) is 0 Å². The highest BCUT2D eigenvalue weighted by Crippen LogP contribution is 2.24. The van der Waals surface area contributed by atoms with E-state index in [1.165, 1.54) is 6.07 Å². The molecule has 0 aliphatic rings. The monoisotopic (exact) mass is 451 g/mol. The van der Waals surface area contributed by atoms with Gasteiger partial charge in [-0.05, 0) is 92.6 Å². The minimum atomic E-state index is -0.238. The molecule has 2 aromatic carbocycles. The number of aryl methyl sites for hydroxylation is 1. The van der Waals surface area contributed by atoms with Gasteiger partial charge in [0.15, 0.2) is 5.11 Å². The van der Waals surface area contributed by atoms with Crippen molar-refractivity contribution in [1.29, 1.82) is 0 Å². The number of furan rings is 1. The number of H-pyrrole nitrogens is 1. The Labute approximate surface area is 192 Å². The summed E-state index contributed by atoms with van der Waals surface area (Å²) in [5, 5.41) is 4.81. The molecule has 0 fully saturated rings. The van der Waals surface area contributed by atoms with Crippen molar-refractivity contribution in [2.24, 2.45) is 0 Å². The minimum absolute atomic E-state index is 0.238. The Balaban J connectivity index is 1.51. The highest BCUT2D eigenvalue weighted by molar-refractivity contribution is 7.80. The summed E-state index contributed by atoms with van der Waals surface area (Å²) in [4.78, 5) is 5.40. The maximum Gasteiger partial charge on any atom is 0.173 e. The van der Waals surface area contributed by atoms with Crippen molar-refractivity contribution in [2.75, 3.05) is 18.5 Å². The second kappa shape index (κ2) is 9.87. The van der Waals surface area contributed by atoms with Gasteiger partial charge in [0, 0.05) is 28.8 Å². The van der Waals surface area contributed by atoms with Crippen LogP contribution in [0.25, 0.3) is 10.9 Å². The van der Waals surface area contributed by atoms with E-state index in [0.717, 1.165) is 39.4 Å². The second-order valence-electron chi connectivity index (χ2n) is 7.56. The lowest BCUT2D eigenvalue weighted by Crippen LogP contribution is -2.35. The SMILES string of the molecule is CCOc1ccc(NC(=S)N(CCc2c(C)[nH]c3ccc(F)cc23)Cc2ccco2)cc1. The van der Waals surface area contributed by atoms with Gasteiger partial charge in [-0.25, -0.2) is 4.39 Å². The van der Waals surface area contributed by atoms with E-state index in [9.17, 15) is 4.39 Å². The molecule has 0 unspecified atom stereocenters. The van der Waals surface area contributed by atoms with E-state index in [2.05, 4.69) is 15.2 Å². The first kappa shape index (κ1) is 21.9. The molecule has 2 N–H and O–H groups in total. The Morgan fingerprint density at radius 3 is 2.72 bits per heavy atom. The van der Waals surface area contributed by atoms with Crippen molar-refractivity contribution in [3.63, 3.8) is 0 Å². The lowest BCUT2D eigenvalue weighted by Gasteiger charge is -2.25. The molecule has 32 heavy (non-hydrogen) atoms. The molecular weight excluding hydrogens is 425 g/mol. The summed E-state index contributed by atoms with van der Waals surface area (Å²) in [5.41, 5.74) is 3.95. The lowest BCUT2D eigenvalue weighted by molar-refractivity contribution is 0.340. The van der Waals surface area contributed by atoms with Gasteiger partial charge in [0.25, 0.3) is 0 Å². The first-order chi connectivity index (χ1) is 15.5. The van der Waals surface area contributed by atoms with Crippen LogP contribution in [0, 0.1) is 12.7 Å². The topological polar surface area (TPSA) is 53.4 Å². The number of halogens is 1. The van der Waals surface area contributed by atoms with Crippen molar-refractivity contribution in [3.05, 3.63) is 83.7 Å². The average molecular weight is 452 g/mol. The number of fused-ring (bicyclic) bond motifs is 1. The first-order valence-corrected chi connectivity index (χ1v) is 11.0. The van der Waals surface area contributed by atoms with Gasteiger partial charge in [-0.3, -0.25) is 0 Å². The number of aromatic amines is 1. The van der Waals surface area contributed by atoms with Gasteiger partial charge in [0.05, 0.1) is 19.4 Å². The van der Waals surface area contributed by atoms with E-state index < -0.39 is 0 Å². The Hall–Kier alpha value is -3.32. The van der Waals surface area contributed by atoms with Gasteiger partial charge in [-0.1, -0.05) is 0 Å². The molecule has 0 aliphatic heterocycles. The highest BCUT2D eigenvalue weighted by Gasteiger charge is 2.16. The molecule has 0 saturated carbocycles. The molecule has 4 rings (SSSR count). The van der Waals surface area contributed by atoms with Crippen molar-refractivity contribution in [1.82, 2.24) is 9.88 Å². The number of hydrogen-bond donors (Lipinski definition) is 2. The summed E-state index contributed by atoms with van der Waals surface area (Å²) >= 11 is 5.73. The zero-order valence-corrected chi connectivity index (χ0v) is 19.0. The lowest BCUT2D eigenvalue weighted by atomic mass is 10.1. The van der Waals surface area contributed by atoms with E-state index in [0.29, 0.717) is 31.2 Å². The molecule has 0 saturated heterocycles. The molecule has 5 nitrogen and oxygen atoms in total. The van der Waals surface area contributed by atoms with Crippen molar-refractivity contribution in [2.45, 2.75) is 26.8 Å². The minimum Gasteiger partial charge on any atom is -0.494 e. The van der Waals surface area contributed by atoms with Gasteiger partial charge in [-0.15, -0.1) is 0 Å². The van der Waals surface area contributed by atoms with Crippen LogP contribution in [0.2, 0.25) is 0 Å². The molecule has 166 valence electrons. The van der Waals surface area contributed by atoms with E-state index in [4.69, 9.17) is 21.4 Å². The molecule has 4 aromatic rings. The van der Waals surface area contributed by atoms with E-state index >= 15 is 0 Å². The number of anilines is 1. The molecule has 0 radical (unpaired) electrons. The van der Waals surface area contributed by atoms with Crippen LogP contribution in [0.4, 0.5) is 10.1 Å². The Bertz CT molecular complexity index is 1190. The molecule has 2 heterocycles. The van der Waals surface area contributed by atoms with Crippen LogP contribution in [0.3, 0.4) is 0 Å². The molecule has 0 atom stereocenters. The van der Waals surface area contributed by atoms with Crippen LogP contribution in [0.5, 0.6) is 5.75 Å². The molecular formula is C25H26FN3O2S. The summed E-state index contributed by atoms with van der Waals surface area (Å²) in [6, 6.07) is 16.3. The number of nitrogens with one attached hydrogen (secondary N) is 2. The molecule has 0 aliphatic carbocycles. The Morgan fingerprint density at radius 2 is 2.00 bits per heavy atom. The second-order valence-corrected chi connectivity index (χ2v) is 7.94. The van der Waals surface area contributed by atoms with Gasteiger partial charge in [0.1, 0.15) is 17.3 Å². The van der Waals surface area contributed by atoms with Crippen molar-refractivity contribution >= 4 is 33.9 Å².